The highest BCUT2D eigenvalue weighted by atomic mass is 79.9. The van der Waals surface area contributed by atoms with Gasteiger partial charge < -0.3 is 10.6 Å². The molecule has 134 valence electrons. The van der Waals surface area contributed by atoms with Crippen LogP contribution >= 0.6 is 15.9 Å². The molecule has 1 aromatic heterocycles. The van der Waals surface area contributed by atoms with E-state index in [0.717, 1.165) is 17.7 Å². The van der Waals surface area contributed by atoms with Crippen LogP contribution < -0.4 is 10.6 Å². The van der Waals surface area contributed by atoms with Gasteiger partial charge in [0.1, 0.15) is 11.6 Å². The second-order valence-electron chi connectivity index (χ2n) is 6.03. The molecule has 0 aliphatic heterocycles. The van der Waals surface area contributed by atoms with Crippen molar-refractivity contribution in [3.05, 3.63) is 64.9 Å². The summed E-state index contributed by atoms with van der Waals surface area (Å²) in [6, 6.07) is 16.8. The van der Waals surface area contributed by atoms with E-state index >= 15 is 0 Å². The van der Waals surface area contributed by atoms with E-state index in [1.54, 1.807) is 12.1 Å². The minimum absolute atomic E-state index is 0.235. The molecule has 6 heteroatoms. The van der Waals surface area contributed by atoms with Crippen molar-refractivity contribution in [2.24, 2.45) is 0 Å². The van der Waals surface area contributed by atoms with E-state index in [1.165, 1.54) is 6.07 Å². The summed E-state index contributed by atoms with van der Waals surface area (Å²) >= 11 is 3.27. The molecular formula is C20H20BrFN4. The van der Waals surface area contributed by atoms with Gasteiger partial charge in [-0.3, -0.25) is 0 Å². The molecule has 1 heterocycles. The summed E-state index contributed by atoms with van der Waals surface area (Å²) in [6.07, 6.45) is 0.947. The lowest BCUT2D eigenvalue weighted by Gasteiger charge is -2.15. The summed E-state index contributed by atoms with van der Waals surface area (Å²) in [5, 5.41) is 6.34. The first-order valence-electron chi connectivity index (χ1n) is 8.48. The summed E-state index contributed by atoms with van der Waals surface area (Å²) in [5.41, 5.74) is 2.10. The summed E-state index contributed by atoms with van der Waals surface area (Å²) in [7, 11) is 0. The number of anilines is 3. The van der Waals surface area contributed by atoms with Gasteiger partial charge in [-0.1, -0.05) is 53.2 Å². The molecule has 0 aliphatic carbocycles. The van der Waals surface area contributed by atoms with E-state index in [-0.39, 0.29) is 11.9 Å². The van der Waals surface area contributed by atoms with Gasteiger partial charge in [-0.2, -0.15) is 4.98 Å². The number of rotatable bonds is 6. The molecule has 2 aromatic carbocycles. The average Bonchev–Trinajstić information content (AvgIpc) is 2.64. The molecule has 0 radical (unpaired) electrons. The highest BCUT2D eigenvalue weighted by Gasteiger charge is 2.10. The second kappa shape index (κ2) is 8.27. The van der Waals surface area contributed by atoms with Crippen molar-refractivity contribution < 1.29 is 4.39 Å². The summed E-state index contributed by atoms with van der Waals surface area (Å²) in [6.45, 7) is 4.16. The van der Waals surface area contributed by atoms with Crippen LogP contribution in [-0.2, 0) is 0 Å². The summed E-state index contributed by atoms with van der Waals surface area (Å²) < 4.78 is 14.9. The van der Waals surface area contributed by atoms with Crippen LogP contribution in [0.25, 0.3) is 11.3 Å². The molecule has 0 fully saturated rings. The maximum Gasteiger partial charge on any atom is 0.225 e. The van der Waals surface area contributed by atoms with E-state index < -0.39 is 0 Å². The van der Waals surface area contributed by atoms with Crippen LogP contribution in [0.5, 0.6) is 0 Å². The standard InChI is InChI=1S/C20H20BrFN4/c1-3-13(2)23-20-25-18(14-7-5-4-6-8-14)12-19(26-20)24-17-10-9-15(21)11-16(17)22/h4-13H,3H2,1-2H3,(H2,23,24,25,26)/t13-/m0/s1. The third-order valence-electron chi connectivity index (χ3n) is 3.98. The molecule has 0 saturated carbocycles. The fourth-order valence-corrected chi connectivity index (χ4v) is 2.72. The third-order valence-corrected chi connectivity index (χ3v) is 4.47. The first kappa shape index (κ1) is 18.3. The Morgan fingerprint density at radius 1 is 1.08 bits per heavy atom. The molecule has 0 bridgehead atoms. The molecule has 0 unspecified atom stereocenters. The predicted molar refractivity (Wildman–Crippen MR) is 108 cm³/mol. The topological polar surface area (TPSA) is 49.8 Å². The molecule has 26 heavy (non-hydrogen) atoms. The Kier molecular flexibility index (Phi) is 5.83. The van der Waals surface area contributed by atoms with E-state index in [0.29, 0.717) is 21.9 Å². The van der Waals surface area contributed by atoms with Crippen molar-refractivity contribution >= 4 is 33.4 Å². The molecular weight excluding hydrogens is 395 g/mol. The zero-order chi connectivity index (χ0) is 18.5. The Morgan fingerprint density at radius 2 is 1.85 bits per heavy atom. The van der Waals surface area contributed by atoms with Gasteiger partial charge in [-0.25, -0.2) is 9.37 Å². The summed E-state index contributed by atoms with van der Waals surface area (Å²) in [5.74, 6) is 0.697. The number of nitrogens with one attached hydrogen (secondary N) is 2. The minimum atomic E-state index is -0.351. The van der Waals surface area contributed by atoms with E-state index in [4.69, 9.17) is 0 Å². The Labute approximate surface area is 161 Å². The predicted octanol–water partition coefficient (Wildman–Crippen LogP) is 6.00. The fourth-order valence-electron chi connectivity index (χ4n) is 2.38. The number of hydrogen-bond acceptors (Lipinski definition) is 4. The molecule has 3 rings (SSSR count). The Bertz CT molecular complexity index is 886. The van der Waals surface area contributed by atoms with Gasteiger partial charge in [0, 0.05) is 22.1 Å². The average molecular weight is 415 g/mol. The van der Waals surface area contributed by atoms with Crippen LogP contribution in [0.1, 0.15) is 20.3 Å². The Morgan fingerprint density at radius 3 is 2.54 bits per heavy atom. The van der Waals surface area contributed by atoms with Gasteiger partial charge in [0.25, 0.3) is 0 Å². The molecule has 2 N–H and O–H groups in total. The van der Waals surface area contributed by atoms with Crippen molar-refractivity contribution in [2.75, 3.05) is 10.6 Å². The van der Waals surface area contributed by atoms with Gasteiger partial charge >= 0.3 is 0 Å². The first-order valence-corrected chi connectivity index (χ1v) is 9.27. The quantitative estimate of drug-likeness (QED) is 0.519. The molecule has 0 spiro atoms. The van der Waals surface area contributed by atoms with Gasteiger partial charge in [0.15, 0.2) is 0 Å². The lowest BCUT2D eigenvalue weighted by molar-refractivity contribution is 0.631. The van der Waals surface area contributed by atoms with Gasteiger partial charge in [0.2, 0.25) is 5.95 Å². The molecule has 3 aromatic rings. The maximum atomic E-state index is 14.2. The van der Waals surface area contributed by atoms with Crippen LogP contribution in [0.4, 0.5) is 21.8 Å². The minimum Gasteiger partial charge on any atom is -0.352 e. The molecule has 0 aliphatic rings. The summed E-state index contributed by atoms with van der Waals surface area (Å²) in [4.78, 5) is 9.10. The fraction of sp³-hybridized carbons (Fsp3) is 0.200. The van der Waals surface area contributed by atoms with Gasteiger partial charge in [0.05, 0.1) is 11.4 Å². The number of halogens is 2. The van der Waals surface area contributed by atoms with Crippen LogP contribution in [0.3, 0.4) is 0 Å². The van der Waals surface area contributed by atoms with Crippen molar-refractivity contribution in [2.45, 2.75) is 26.3 Å². The van der Waals surface area contributed by atoms with Gasteiger partial charge in [-0.15, -0.1) is 0 Å². The highest BCUT2D eigenvalue weighted by Crippen LogP contribution is 2.26. The van der Waals surface area contributed by atoms with Crippen LogP contribution in [0.2, 0.25) is 0 Å². The van der Waals surface area contributed by atoms with E-state index in [1.807, 2.05) is 36.4 Å². The van der Waals surface area contributed by atoms with Crippen LogP contribution in [0, 0.1) is 5.82 Å². The van der Waals surface area contributed by atoms with Crippen LogP contribution in [-0.4, -0.2) is 16.0 Å². The number of benzene rings is 2. The number of nitrogens with zero attached hydrogens (tertiary/aromatic N) is 2. The molecule has 0 saturated heterocycles. The lowest BCUT2D eigenvalue weighted by atomic mass is 10.1. The van der Waals surface area contributed by atoms with Gasteiger partial charge in [-0.05, 0) is 31.5 Å². The monoisotopic (exact) mass is 414 g/mol. The smallest absolute Gasteiger partial charge is 0.225 e. The largest absolute Gasteiger partial charge is 0.352 e. The van der Waals surface area contributed by atoms with Crippen molar-refractivity contribution in [1.29, 1.82) is 0 Å². The number of aromatic nitrogens is 2. The lowest BCUT2D eigenvalue weighted by Crippen LogP contribution is -2.16. The zero-order valence-electron chi connectivity index (χ0n) is 14.6. The van der Waals surface area contributed by atoms with Crippen molar-refractivity contribution in [3.63, 3.8) is 0 Å². The molecule has 1 atom stereocenters. The Balaban J connectivity index is 1.98. The maximum absolute atomic E-state index is 14.2. The van der Waals surface area contributed by atoms with Crippen molar-refractivity contribution in [3.8, 4) is 11.3 Å². The van der Waals surface area contributed by atoms with E-state index in [2.05, 4.69) is 50.4 Å². The normalized spacial score (nSPS) is 11.8. The number of hydrogen-bond donors (Lipinski definition) is 2. The molecule has 0 amide bonds. The van der Waals surface area contributed by atoms with E-state index in [9.17, 15) is 4.39 Å². The zero-order valence-corrected chi connectivity index (χ0v) is 16.2. The third kappa shape index (κ3) is 4.58. The highest BCUT2D eigenvalue weighted by molar-refractivity contribution is 9.10. The SMILES string of the molecule is CC[C@H](C)Nc1nc(Nc2ccc(Br)cc2F)cc(-c2ccccc2)n1. The Hall–Kier alpha value is -2.47. The van der Waals surface area contributed by atoms with Crippen LogP contribution in [0.15, 0.2) is 59.1 Å². The van der Waals surface area contributed by atoms with Crippen molar-refractivity contribution in [1.82, 2.24) is 9.97 Å². The molecule has 4 nitrogen and oxygen atoms in total. The first-order chi connectivity index (χ1) is 12.5. The second-order valence-corrected chi connectivity index (χ2v) is 6.95.